The Hall–Kier alpha value is -4.32. The van der Waals surface area contributed by atoms with Crippen molar-refractivity contribution in [3.8, 4) is 28.1 Å². The SMILES string of the molecule is CCOC(=O)c1ccc(-n2cc(-c3ccc(Cl)cc3Cl)nc2C=Cc2ccc(-c3cccc(N)c3)cc2)cc1. The molecule has 0 saturated carbocycles. The highest BCUT2D eigenvalue weighted by molar-refractivity contribution is 6.36. The number of esters is 1. The molecule has 1 aromatic heterocycles. The van der Waals surface area contributed by atoms with Gasteiger partial charge in [-0.3, -0.25) is 4.57 Å². The zero-order valence-corrected chi connectivity index (χ0v) is 22.7. The number of carbonyl (C=O) groups excluding carboxylic acids is 1. The molecule has 5 aromatic rings. The molecule has 0 radical (unpaired) electrons. The Kier molecular flexibility index (Phi) is 7.82. The molecule has 39 heavy (non-hydrogen) atoms. The Morgan fingerprint density at radius 3 is 2.38 bits per heavy atom. The number of rotatable bonds is 7. The van der Waals surface area contributed by atoms with Crippen LogP contribution in [0.15, 0.2) is 97.2 Å². The number of imidazole rings is 1. The summed E-state index contributed by atoms with van der Waals surface area (Å²) in [6.45, 7) is 2.10. The average molecular weight is 554 g/mol. The van der Waals surface area contributed by atoms with E-state index >= 15 is 0 Å². The van der Waals surface area contributed by atoms with E-state index in [0.717, 1.165) is 33.6 Å². The van der Waals surface area contributed by atoms with Crippen molar-refractivity contribution in [2.24, 2.45) is 0 Å². The highest BCUT2D eigenvalue weighted by Crippen LogP contribution is 2.31. The summed E-state index contributed by atoms with van der Waals surface area (Å²) in [5.74, 6) is 0.338. The van der Waals surface area contributed by atoms with Crippen molar-refractivity contribution >= 4 is 47.0 Å². The highest BCUT2D eigenvalue weighted by Gasteiger charge is 2.14. The zero-order chi connectivity index (χ0) is 27.4. The topological polar surface area (TPSA) is 70.1 Å². The fourth-order valence-electron chi connectivity index (χ4n) is 4.19. The number of carbonyl (C=O) groups is 1. The van der Waals surface area contributed by atoms with Crippen LogP contribution >= 0.6 is 23.2 Å². The van der Waals surface area contributed by atoms with Gasteiger partial charge in [-0.05, 0) is 84.3 Å². The van der Waals surface area contributed by atoms with E-state index in [4.69, 9.17) is 38.7 Å². The summed E-state index contributed by atoms with van der Waals surface area (Å²) < 4.78 is 7.06. The van der Waals surface area contributed by atoms with Gasteiger partial charge in [0.1, 0.15) is 5.82 Å². The van der Waals surface area contributed by atoms with Crippen LogP contribution in [0, 0.1) is 0 Å². The minimum atomic E-state index is -0.356. The second-order valence-electron chi connectivity index (χ2n) is 8.83. The van der Waals surface area contributed by atoms with E-state index in [1.54, 1.807) is 31.2 Å². The van der Waals surface area contributed by atoms with E-state index in [1.807, 2.05) is 77.5 Å². The summed E-state index contributed by atoms with van der Waals surface area (Å²) in [6, 6.07) is 28.6. The highest BCUT2D eigenvalue weighted by atomic mass is 35.5. The summed E-state index contributed by atoms with van der Waals surface area (Å²) in [4.78, 5) is 17.0. The van der Waals surface area contributed by atoms with E-state index in [9.17, 15) is 4.79 Å². The summed E-state index contributed by atoms with van der Waals surface area (Å²) in [6.07, 6.45) is 5.86. The second kappa shape index (κ2) is 11.6. The Labute approximate surface area is 237 Å². The first-order chi connectivity index (χ1) is 18.9. The lowest BCUT2D eigenvalue weighted by molar-refractivity contribution is 0.0526. The fraction of sp³-hybridized carbons (Fsp3) is 0.0625. The van der Waals surface area contributed by atoms with E-state index in [-0.39, 0.29) is 5.97 Å². The average Bonchev–Trinajstić information content (AvgIpc) is 3.36. The molecule has 0 fully saturated rings. The summed E-state index contributed by atoms with van der Waals surface area (Å²) in [5.41, 5.74) is 12.6. The van der Waals surface area contributed by atoms with Gasteiger partial charge in [0, 0.05) is 28.2 Å². The zero-order valence-electron chi connectivity index (χ0n) is 21.1. The minimum absolute atomic E-state index is 0.322. The van der Waals surface area contributed by atoms with Crippen molar-refractivity contribution in [1.82, 2.24) is 9.55 Å². The molecular weight excluding hydrogens is 529 g/mol. The van der Waals surface area contributed by atoms with Crippen LogP contribution in [0.4, 0.5) is 5.69 Å². The van der Waals surface area contributed by atoms with Crippen LogP contribution < -0.4 is 5.73 Å². The van der Waals surface area contributed by atoms with Gasteiger partial charge in [0.05, 0.1) is 22.9 Å². The van der Waals surface area contributed by atoms with E-state index < -0.39 is 0 Å². The molecule has 194 valence electrons. The molecule has 0 spiro atoms. The Morgan fingerprint density at radius 1 is 0.923 bits per heavy atom. The van der Waals surface area contributed by atoms with Gasteiger partial charge in [-0.2, -0.15) is 0 Å². The van der Waals surface area contributed by atoms with E-state index in [2.05, 4.69) is 12.1 Å². The van der Waals surface area contributed by atoms with Crippen LogP contribution in [0.25, 0.3) is 40.2 Å². The van der Waals surface area contributed by atoms with Crippen LogP contribution in [-0.2, 0) is 4.74 Å². The number of ether oxygens (including phenoxy) is 1. The lowest BCUT2D eigenvalue weighted by Crippen LogP contribution is -2.05. The Bertz CT molecular complexity index is 1660. The molecule has 0 aliphatic rings. The fourth-order valence-corrected chi connectivity index (χ4v) is 4.70. The first kappa shape index (κ1) is 26.3. The molecule has 5 nitrogen and oxygen atoms in total. The predicted octanol–water partition coefficient (Wildman–Crippen LogP) is 8.44. The first-order valence-corrected chi connectivity index (χ1v) is 13.1. The van der Waals surface area contributed by atoms with Gasteiger partial charge in [0.25, 0.3) is 0 Å². The van der Waals surface area contributed by atoms with Gasteiger partial charge in [-0.1, -0.05) is 65.7 Å². The van der Waals surface area contributed by atoms with Gasteiger partial charge < -0.3 is 10.5 Å². The number of hydrogen-bond acceptors (Lipinski definition) is 4. The Balaban J connectivity index is 1.49. The molecule has 0 unspecified atom stereocenters. The van der Waals surface area contributed by atoms with Crippen molar-refractivity contribution in [3.05, 3.63) is 124 Å². The third kappa shape index (κ3) is 6.06. The third-order valence-electron chi connectivity index (χ3n) is 6.15. The largest absolute Gasteiger partial charge is 0.462 e. The Morgan fingerprint density at radius 2 is 1.69 bits per heavy atom. The number of halogens is 2. The van der Waals surface area contributed by atoms with Crippen molar-refractivity contribution in [3.63, 3.8) is 0 Å². The molecule has 0 saturated heterocycles. The van der Waals surface area contributed by atoms with Crippen LogP contribution in [-0.4, -0.2) is 22.1 Å². The molecule has 2 N–H and O–H groups in total. The quantitative estimate of drug-likeness (QED) is 0.162. The van der Waals surface area contributed by atoms with Gasteiger partial charge in [0.15, 0.2) is 0 Å². The van der Waals surface area contributed by atoms with Crippen molar-refractivity contribution in [1.29, 1.82) is 0 Å². The minimum Gasteiger partial charge on any atom is -0.462 e. The van der Waals surface area contributed by atoms with Gasteiger partial charge >= 0.3 is 5.97 Å². The number of benzene rings is 4. The smallest absolute Gasteiger partial charge is 0.338 e. The molecule has 1 heterocycles. The van der Waals surface area contributed by atoms with E-state index in [1.165, 1.54) is 0 Å². The van der Waals surface area contributed by atoms with Gasteiger partial charge in [-0.25, -0.2) is 9.78 Å². The monoisotopic (exact) mass is 553 g/mol. The number of nitrogens with zero attached hydrogens (tertiary/aromatic N) is 2. The molecule has 7 heteroatoms. The van der Waals surface area contributed by atoms with Gasteiger partial charge in [-0.15, -0.1) is 0 Å². The van der Waals surface area contributed by atoms with Gasteiger partial charge in [0.2, 0.25) is 0 Å². The maximum atomic E-state index is 12.1. The molecule has 5 rings (SSSR count). The maximum Gasteiger partial charge on any atom is 0.338 e. The number of nitrogens with two attached hydrogens (primary N) is 1. The molecule has 0 atom stereocenters. The molecule has 0 amide bonds. The van der Waals surface area contributed by atoms with Crippen LogP contribution in [0.2, 0.25) is 10.0 Å². The van der Waals surface area contributed by atoms with Crippen LogP contribution in [0.5, 0.6) is 0 Å². The molecule has 0 bridgehead atoms. The third-order valence-corrected chi connectivity index (χ3v) is 6.70. The number of anilines is 1. The normalized spacial score (nSPS) is 11.2. The number of hydrogen-bond donors (Lipinski definition) is 1. The lowest BCUT2D eigenvalue weighted by atomic mass is 10.0. The first-order valence-electron chi connectivity index (χ1n) is 12.4. The summed E-state index contributed by atoms with van der Waals surface area (Å²) in [7, 11) is 0. The number of aromatic nitrogens is 2. The lowest BCUT2D eigenvalue weighted by Gasteiger charge is -2.07. The van der Waals surface area contributed by atoms with Crippen molar-refractivity contribution in [2.75, 3.05) is 12.3 Å². The second-order valence-corrected chi connectivity index (χ2v) is 9.67. The van der Waals surface area contributed by atoms with E-state index in [0.29, 0.717) is 33.7 Å². The molecule has 4 aromatic carbocycles. The standard InChI is InChI=1S/C32H25Cl2N3O2/c1-2-39-32(38)23-11-14-27(15-12-23)37-20-30(28-16-13-25(33)19-29(28)34)36-31(37)17-8-21-6-9-22(10-7-21)24-4-3-5-26(35)18-24/h3-20H,2,35H2,1H3. The summed E-state index contributed by atoms with van der Waals surface area (Å²) >= 11 is 12.6. The van der Waals surface area contributed by atoms with Crippen LogP contribution in [0.1, 0.15) is 28.7 Å². The number of nitrogen functional groups attached to an aromatic ring is 1. The molecule has 0 aliphatic carbocycles. The predicted molar refractivity (Wildman–Crippen MR) is 160 cm³/mol. The summed E-state index contributed by atoms with van der Waals surface area (Å²) in [5, 5.41) is 1.07. The maximum absolute atomic E-state index is 12.1. The van der Waals surface area contributed by atoms with Crippen molar-refractivity contribution in [2.45, 2.75) is 6.92 Å². The molecule has 0 aliphatic heterocycles. The van der Waals surface area contributed by atoms with Crippen molar-refractivity contribution < 1.29 is 9.53 Å². The molecular formula is C32H25Cl2N3O2. The van der Waals surface area contributed by atoms with Crippen LogP contribution in [0.3, 0.4) is 0 Å².